The van der Waals surface area contributed by atoms with Gasteiger partial charge in [0.1, 0.15) is 12.3 Å². The Morgan fingerprint density at radius 3 is 2.48 bits per heavy atom. The van der Waals surface area contributed by atoms with E-state index in [4.69, 9.17) is 9.47 Å². The zero-order valence-electron chi connectivity index (χ0n) is 15.7. The Hall–Kier alpha value is -3.46. The first-order chi connectivity index (χ1) is 13.9. The Morgan fingerprint density at radius 2 is 1.86 bits per heavy atom. The maximum atomic E-state index is 12.5. The van der Waals surface area contributed by atoms with Gasteiger partial charge in [-0.15, -0.1) is 0 Å². The maximum Gasteiger partial charge on any atom is 0.294 e. The Bertz CT molecular complexity index is 987. The van der Waals surface area contributed by atoms with E-state index < -0.39 is 23.6 Å². The molecule has 1 aliphatic rings. The molecule has 0 bridgehead atoms. The number of imide groups is 1. The molecular formula is C20H18N2O6S. The van der Waals surface area contributed by atoms with E-state index in [1.807, 2.05) is 0 Å². The summed E-state index contributed by atoms with van der Waals surface area (Å²) in [4.78, 5) is 38.0. The minimum atomic E-state index is -0.569. The van der Waals surface area contributed by atoms with Crippen LogP contribution in [0.1, 0.15) is 5.56 Å². The molecule has 1 fully saturated rings. The van der Waals surface area contributed by atoms with Crippen LogP contribution < -0.4 is 14.8 Å². The molecule has 1 saturated heterocycles. The summed E-state index contributed by atoms with van der Waals surface area (Å²) in [6.45, 7) is -0.401. The number of ether oxygens (including phenoxy) is 2. The standard InChI is InChI=1S/C20H18N2O6S/c1-27-14-6-4-13(5-7-14)21-18(24)11-22-19(25)17(29-20(22)26)10-12-3-8-16(28-2)15(23)9-12/h3-10,23H,11H2,1-2H3,(H,21,24). The molecule has 1 aliphatic heterocycles. The highest BCUT2D eigenvalue weighted by atomic mass is 32.2. The molecule has 2 aromatic carbocycles. The molecule has 3 rings (SSSR count). The number of amides is 3. The molecule has 0 unspecified atom stereocenters. The van der Waals surface area contributed by atoms with E-state index in [1.54, 1.807) is 36.4 Å². The van der Waals surface area contributed by atoms with Crippen molar-refractivity contribution < 1.29 is 29.0 Å². The van der Waals surface area contributed by atoms with Crippen molar-refractivity contribution in [3.8, 4) is 17.2 Å². The first-order valence-corrected chi connectivity index (χ1v) is 9.29. The van der Waals surface area contributed by atoms with Crippen LogP contribution in [0.15, 0.2) is 47.4 Å². The van der Waals surface area contributed by atoms with E-state index in [0.29, 0.717) is 22.7 Å². The second-order valence-corrected chi connectivity index (χ2v) is 6.97. The van der Waals surface area contributed by atoms with Gasteiger partial charge in [-0.2, -0.15) is 0 Å². The molecule has 0 aromatic heterocycles. The highest BCUT2D eigenvalue weighted by Gasteiger charge is 2.36. The highest BCUT2D eigenvalue weighted by Crippen LogP contribution is 2.34. The van der Waals surface area contributed by atoms with Crippen LogP contribution in [0.2, 0.25) is 0 Å². The van der Waals surface area contributed by atoms with Gasteiger partial charge in [-0.05, 0) is 59.8 Å². The number of carbonyl (C=O) groups is 3. The average Bonchev–Trinajstić information content (AvgIpc) is 2.96. The molecule has 0 aliphatic carbocycles. The van der Waals surface area contributed by atoms with E-state index in [0.717, 1.165) is 16.7 Å². The van der Waals surface area contributed by atoms with E-state index in [2.05, 4.69) is 5.32 Å². The van der Waals surface area contributed by atoms with Gasteiger partial charge in [-0.3, -0.25) is 19.3 Å². The van der Waals surface area contributed by atoms with Crippen LogP contribution in [0.3, 0.4) is 0 Å². The van der Waals surface area contributed by atoms with E-state index in [-0.39, 0.29) is 10.7 Å². The molecule has 150 valence electrons. The molecule has 0 saturated carbocycles. The highest BCUT2D eigenvalue weighted by molar-refractivity contribution is 8.18. The van der Waals surface area contributed by atoms with Gasteiger partial charge in [0.2, 0.25) is 5.91 Å². The van der Waals surface area contributed by atoms with Crippen LogP contribution in [0.25, 0.3) is 6.08 Å². The fourth-order valence-electron chi connectivity index (χ4n) is 2.60. The lowest BCUT2D eigenvalue weighted by molar-refractivity contribution is -0.127. The van der Waals surface area contributed by atoms with E-state index >= 15 is 0 Å². The number of hydrogen-bond acceptors (Lipinski definition) is 7. The van der Waals surface area contributed by atoms with Crippen LogP contribution in [0.5, 0.6) is 17.2 Å². The molecule has 8 nitrogen and oxygen atoms in total. The zero-order valence-corrected chi connectivity index (χ0v) is 16.5. The predicted molar refractivity (Wildman–Crippen MR) is 109 cm³/mol. The number of phenols is 1. The van der Waals surface area contributed by atoms with Crippen molar-refractivity contribution in [2.24, 2.45) is 0 Å². The number of phenolic OH excluding ortho intramolecular Hbond substituents is 1. The number of aromatic hydroxyl groups is 1. The van der Waals surface area contributed by atoms with Gasteiger partial charge < -0.3 is 19.9 Å². The van der Waals surface area contributed by atoms with Crippen molar-refractivity contribution in [2.75, 3.05) is 26.1 Å². The summed E-state index contributed by atoms with van der Waals surface area (Å²) in [5.74, 6) is -0.213. The van der Waals surface area contributed by atoms with E-state index in [9.17, 15) is 19.5 Å². The molecule has 9 heteroatoms. The van der Waals surface area contributed by atoms with Crippen LogP contribution in [-0.4, -0.2) is 47.8 Å². The summed E-state index contributed by atoms with van der Waals surface area (Å²) in [6, 6.07) is 11.3. The molecule has 0 atom stereocenters. The lowest BCUT2D eigenvalue weighted by Crippen LogP contribution is -2.36. The molecule has 0 spiro atoms. The number of nitrogens with zero attached hydrogens (tertiary/aromatic N) is 1. The maximum absolute atomic E-state index is 12.5. The summed E-state index contributed by atoms with van der Waals surface area (Å²) in [5.41, 5.74) is 1.04. The van der Waals surface area contributed by atoms with Gasteiger partial charge in [0, 0.05) is 5.69 Å². The van der Waals surface area contributed by atoms with Crippen molar-refractivity contribution in [2.45, 2.75) is 0 Å². The molecule has 29 heavy (non-hydrogen) atoms. The van der Waals surface area contributed by atoms with Crippen molar-refractivity contribution in [1.82, 2.24) is 4.90 Å². The quantitative estimate of drug-likeness (QED) is 0.700. The fraction of sp³-hybridized carbons (Fsp3) is 0.150. The first-order valence-electron chi connectivity index (χ1n) is 8.47. The molecule has 0 radical (unpaired) electrons. The van der Waals surface area contributed by atoms with Crippen LogP contribution >= 0.6 is 11.8 Å². The lowest BCUT2D eigenvalue weighted by Gasteiger charge is -2.12. The number of carbonyl (C=O) groups excluding carboxylic acids is 3. The predicted octanol–water partition coefficient (Wildman–Crippen LogP) is 3.08. The minimum absolute atomic E-state index is 0.0839. The van der Waals surface area contributed by atoms with Crippen LogP contribution in [0, 0.1) is 0 Å². The number of nitrogens with one attached hydrogen (secondary N) is 1. The number of methoxy groups -OCH3 is 2. The summed E-state index contributed by atoms with van der Waals surface area (Å²) >= 11 is 0.735. The Kier molecular flexibility index (Phi) is 6.08. The van der Waals surface area contributed by atoms with Crippen molar-refractivity contribution in [3.63, 3.8) is 0 Å². The van der Waals surface area contributed by atoms with E-state index in [1.165, 1.54) is 26.4 Å². The van der Waals surface area contributed by atoms with Gasteiger partial charge in [0.05, 0.1) is 19.1 Å². The molecule has 2 N–H and O–H groups in total. The summed E-state index contributed by atoms with van der Waals surface area (Å²) in [6.07, 6.45) is 1.48. The summed E-state index contributed by atoms with van der Waals surface area (Å²) < 4.78 is 10.0. The van der Waals surface area contributed by atoms with Crippen molar-refractivity contribution >= 4 is 40.6 Å². The number of rotatable bonds is 6. The second-order valence-electron chi connectivity index (χ2n) is 5.98. The third-order valence-corrected chi connectivity index (χ3v) is 4.96. The summed E-state index contributed by atoms with van der Waals surface area (Å²) in [7, 11) is 2.96. The van der Waals surface area contributed by atoms with Gasteiger partial charge in [-0.1, -0.05) is 6.07 Å². The Labute approximate surface area is 171 Å². The average molecular weight is 414 g/mol. The Morgan fingerprint density at radius 1 is 1.14 bits per heavy atom. The monoisotopic (exact) mass is 414 g/mol. The number of hydrogen-bond donors (Lipinski definition) is 2. The zero-order chi connectivity index (χ0) is 21.0. The third kappa shape index (κ3) is 4.69. The number of thioether (sulfide) groups is 1. The first kappa shape index (κ1) is 20.3. The number of anilines is 1. The van der Waals surface area contributed by atoms with Crippen molar-refractivity contribution in [1.29, 1.82) is 0 Å². The van der Waals surface area contributed by atoms with Gasteiger partial charge in [-0.25, -0.2) is 0 Å². The Balaban J connectivity index is 1.68. The molecule has 1 heterocycles. The minimum Gasteiger partial charge on any atom is -0.504 e. The SMILES string of the molecule is COc1ccc(NC(=O)CN2C(=O)SC(=Cc3ccc(OC)c(O)c3)C2=O)cc1. The van der Waals surface area contributed by atoms with Gasteiger partial charge in [0.25, 0.3) is 11.1 Å². The topological polar surface area (TPSA) is 105 Å². The van der Waals surface area contributed by atoms with Gasteiger partial charge in [0.15, 0.2) is 11.5 Å². The van der Waals surface area contributed by atoms with Crippen LogP contribution in [0.4, 0.5) is 10.5 Å². The smallest absolute Gasteiger partial charge is 0.294 e. The van der Waals surface area contributed by atoms with Crippen molar-refractivity contribution in [3.05, 3.63) is 52.9 Å². The molecular weight excluding hydrogens is 396 g/mol. The second kappa shape index (κ2) is 8.70. The number of benzene rings is 2. The molecule has 2 aromatic rings. The largest absolute Gasteiger partial charge is 0.504 e. The molecule has 3 amide bonds. The lowest BCUT2D eigenvalue weighted by atomic mass is 10.2. The normalized spacial score (nSPS) is 15.0. The summed E-state index contributed by atoms with van der Waals surface area (Å²) in [5, 5.41) is 11.9. The third-order valence-electron chi connectivity index (χ3n) is 4.05. The van der Waals surface area contributed by atoms with Crippen LogP contribution in [-0.2, 0) is 9.59 Å². The van der Waals surface area contributed by atoms with Gasteiger partial charge >= 0.3 is 0 Å². The fourth-order valence-corrected chi connectivity index (χ4v) is 3.44.